The minimum atomic E-state index is -0.0412. The van der Waals surface area contributed by atoms with Gasteiger partial charge in [0.15, 0.2) is 10.3 Å². The summed E-state index contributed by atoms with van der Waals surface area (Å²) in [4.78, 5) is 19.7. The average molecular weight is 288 g/mol. The second-order valence-corrected chi connectivity index (χ2v) is 5.49. The second-order valence-electron chi connectivity index (χ2n) is 4.78. The fourth-order valence-electron chi connectivity index (χ4n) is 2.20. The van der Waals surface area contributed by atoms with Crippen molar-refractivity contribution < 1.29 is 4.79 Å². The van der Waals surface area contributed by atoms with Gasteiger partial charge in [0.05, 0.1) is 0 Å². The summed E-state index contributed by atoms with van der Waals surface area (Å²) in [7, 11) is 0. The zero-order valence-electron chi connectivity index (χ0n) is 10.1. The normalized spacial score (nSPS) is 23.7. The summed E-state index contributed by atoms with van der Waals surface area (Å²) < 4.78 is 0. The Balaban J connectivity index is 2.03. The predicted octanol–water partition coefficient (Wildman–Crippen LogP) is 3.55. The molecule has 0 bridgehead atoms. The number of aromatic nitrogens is 2. The summed E-state index contributed by atoms with van der Waals surface area (Å²) in [6, 6.07) is 0. The first-order valence-corrected chi connectivity index (χ1v) is 6.80. The Labute approximate surface area is 116 Å². The van der Waals surface area contributed by atoms with E-state index in [1.165, 1.54) is 6.33 Å². The molecule has 1 aliphatic carbocycles. The van der Waals surface area contributed by atoms with Crippen molar-refractivity contribution in [2.24, 2.45) is 11.8 Å². The molecule has 0 aromatic carbocycles. The fourth-order valence-corrected chi connectivity index (χ4v) is 2.60. The van der Waals surface area contributed by atoms with Crippen LogP contribution in [-0.2, 0) is 4.79 Å². The van der Waals surface area contributed by atoms with Crippen molar-refractivity contribution in [3.8, 4) is 0 Å². The van der Waals surface area contributed by atoms with Gasteiger partial charge in [-0.1, -0.05) is 30.1 Å². The number of amides is 1. The number of halogens is 2. The smallest absolute Gasteiger partial charge is 0.227 e. The van der Waals surface area contributed by atoms with Crippen LogP contribution in [0.5, 0.6) is 0 Å². The highest BCUT2D eigenvalue weighted by atomic mass is 35.5. The van der Waals surface area contributed by atoms with Crippen molar-refractivity contribution in [1.29, 1.82) is 0 Å². The summed E-state index contributed by atoms with van der Waals surface area (Å²) in [6.07, 6.45) is 5.27. The predicted molar refractivity (Wildman–Crippen MR) is 71.8 cm³/mol. The highest BCUT2D eigenvalue weighted by Gasteiger charge is 2.25. The van der Waals surface area contributed by atoms with E-state index in [-0.39, 0.29) is 22.1 Å². The number of nitrogens with zero attached hydrogens (tertiary/aromatic N) is 2. The molecule has 0 atom stereocenters. The molecule has 6 heteroatoms. The third-order valence-electron chi connectivity index (χ3n) is 3.39. The SMILES string of the molecule is CC1CCC(C(=O)Nc2c(Cl)ncnc2Cl)CC1. The Bertz CT molecular complexity index is 425. The lowest BCUT2D eigenvalue weighted by Crippen LogP contribution is -2.27. The highest BCUT2D eigenvalue weighted by molar-refractivity contribution is 6.38. The topological polar surface area (TPSA) is 54.9 Å². The van der Waals surface area contributed by atoms with E-state index in [2.05, 4.69) is 22.2 Å². The van der Waals surface area contributed by atoms with Crippen LogP contribution in [0.25, 0.3) is 0 Å². The molecule has 98 valence electrons. The molecule has 1 heterocycles. The van der Waals surface area contributed by atoms with Gasteiger partial charge in [-0.3, -0.25) is 4.79 Å². The molecule has 0 saturated heterocycles. The van der Waals surface area contributed by atoms with Gasteiger partial charge in [0.2, 0.25) is 5.91 Å². The quantitative estimate of drug-likeness (QED) is 0.847. The summed E-state index contributed by atoms with van der Waals surface area (Å²) in [5, 5.41) is 3.08. The van der Waals surface area contributed by atoms with E-state index < -0.39 is 0 Å². The van der Waals surface area contributed by atoms with Gasteiger partial charge in [0.1, 0.15) is 12.0 Å². The summed E-state index contributed by atoms with van der Waals surface area (Å²) in [5.74, 6) is 0.704. The number of anilines is 1. The van der Waals surface area contributed by atoms with Gasteiger partial charge in [0, 0.05) is 5.92 Å². The lowest BCUT2D eigenvalue weighted by molar-refractivity contribution is -0.121. The summed E-state index contributed by atoms with van der Waals surface area (Å²) in [5.41, 5.74) is 0.310. The van der Waals surface area contributed by atoms with Crippen LogP contribution in [0.4, 0.5) is 5.69 Å². The molecular formula is C12H15Cl2N3O. The van der Waals surface area contributed by atoms with E-state index in [4.69, 9.17) is 23.2 Å². The average Bonchev–Trinajstić information content (AvgIpc) is 2.34. The minimum absolute atomic E-state index is 0.0357. The molecule has 1 amide bonds. The van der Waals surface area contributed by atoms with Gasteiger partial charge in [-0.15, -0.1) is 0 Å². The first kappa shape index (κ1) is 13.6. The Morgan fingerprint density at radius 3 is 2.33 bits per heavy atom. The van der Waals surface area contributed by atoms with E-state index in [9.17, 15) is 4.79 Å². The van der Waals surface area contributed by atoms with Gasteiger partial charge < -0.3 is 5.32 Å². The number of carbonyl (C=O) groups excluding carboxylic acids is 1. The molecule has 0 radical (unpaired) electrons. The zero-order valence-corrected chi connectivity index (χ0v) is 11.6. The molecule has 0 unspecified atom stereocenters. The molecular weight excluding hydrogens is 273 g/mol. The maximum atomic E-state index is 12.1. The molecule has 1 fully saturated rings. The van der Waals surface area contributed by atoms with Crippen molar-refractivity contribution >= 4 is 34.8 Å². The van der Waals surface area contributed by atoms with Crippen molar-refractivity contribution in [1.82, 2.24) is 9.97 Å². The van der Waals surface area contributed by atoms with E-state index in [1.54, 1.807) is 0 Å². The van der Waals surface area contributed by atoms with E-state index in [0.29, 0.717) is 11.6 Å². The second kappa shape index (κ2) is 5.85. The van der Waals surface area contributed by atoms with Gasteiger partial charge in [-0.05, 0) is 31.6 Å². The van der Waals surface area contributed by atoms with Gasteiger partial charge in [-0.25, -0.2) is 9.97 Å². The Morgan fingerprint density at radius 1 is 1.22 bits per heavy atom. The van der Waals surface area contributed by atoms with E-state index in [1.807, 2.05) is 0 Å². The molecule has 1 saturated carbocycles. The Hall–Kier alpha value is -0.870. The highest BCUT2D eigenvalue weighted by Crippen LogP contribution is 2.31. The van der Waals surface area contributed by atoms with Crippen molar-refractivity contribution in [2.75, 3.05) is 5.32 Å². The van der Waals surface area contributed by atoms with Crippen molar-refractivity contribution in [3.05, 3.63) is 16.6 Å². The zero-order chi connectivity index (χ0) is 13.1. The first-order chi connectivity index (χ1) is 8.58. The fraction of sp³-hybridized carbons (Fsp3) is 0.583. The number of hydrogen-bond acceptors (Lipinski definition) is 3. The molecule has 0 aliphatic heterocycles. The standard InChI is InChI=1S/C12H15Cl2N3O/c1-7-2-4-8(5-3-7)12(18)17-9-10(13)15-6-16-11(9)14/h6-8H,2-5H2,1H3,(H,17,18). The summed E-state index contributed by atoms with van der Waals surface area (Å²) in [6.45, 7) is 2.22. The Morgan fingerprint density at radius 2 is 1.78 bits per heavy atom. The van der Waals surface area contributed by atoms with Crippen LogP contribution in [0, 0.1) is 11.8 Å². The van der Waals surface area contributed by atoms with Crippen LogP contribution in [0.1, 0.15) is 32.6 Å². The number of hydrogen-bond donors (Lipinski definition) is 1. The number of carbonyl (C=O) groups is 1. The van der Waals surface area contributed by atoms with Crippen LogP contribution in [0.3, 0.4) is 0 Å². The van der Waals surface area contributed by atoms with Crippen molar-refractivity contribution in [3.63, 3.8) is 0 Å². The monoisotopic (exact) mass is 287 g/mol. The van der Waals surface area contributed by atoms with Gasteiger partial charge in [0.25, 0.3) is 0 Å². The van der Waals surface area contributed by atoms with Gasteiger partial charge in [-0.2, -0.15) is 0 Å². The van der Waals surface area contributed by atoms with Crippen LogP contribution in [-0.4, -0.2) is 15.9 Å². The van der Waals surface area contributed by atoms with Crippen LogP contribution in [0.15, 0.2) is 6.33 Å². The van der Waals surface area contributed by atoms with E-state index in [0.717, 1.165) is 25.7 Å². The lowest BCUT2D eigenvalue weighted by atomic mass is 9.82. The molecule has 1 aromatic rings. The van der Waals surface area contributed by atoms with E-state index >= 15 is 0 Å². The third-order valence-corrected chi connectivity index (χ3v) is 3.96. The maximum absolute atomic E-state index is 12.1. The molecule has 4 nitrogen and oxygen atoms in total. The minimum Gasteiger partial charge on any atom is -0.321 e. The maximum Gasteiger partial charge on any atom is 0.227 e. The number of nitrogens with one attached hydrogen (secondary N) is 1. The van der Waals surface area contributed by atoms with Crippen molar-refractivity contribution in [2.45, 2.75) is 32.6 Å². The lowest BCUT2D eigenvalue weighted by Gasteiger charge is -2.25. The van der Waals surface area contributed by atoms with Crippen LogP contribution in [0.2, 0.25) is 10.3 Å². The molecule has 0 spiro atoms. The molecule has 1 N–H and O–H groups in total. The molecule has 1 aromatic heterocycles. The number of rotatable bonds is 2. The van der Waals surface area contributed by atoms with Crippen LogP contribution < -0.4 is 5.32 Å². The molecule has 1 aliphatic rings. The van der Waals surface area contributed by atoms with Gasteiger partial charge >= 0.3 is 0 Å². The first-order valence-electron chi connectivity index (χ1n) is 6.04. The molecule has 18 heavy (non-hydrogen) atoms. The largest absolute Gasteiger partial charge is 0.321 e. The summed E-state index contributed by atoms with van der Waals surface area (Å²) >= 11 is 11.8. The molecule has 2 rings (SSSR count). The third kappa shape index (κ3) is 3.12. The Kier molecular flexibility index (Phi) is 4.40. The van der Waals surface area contributed by atoms with Crippen LogP contribution >= 0.6 is 23.2 Å².